The second kappa shape index (κ2) is 5.09. The van der Waals surface area contributed by atoms with E-state index in [-0.39, 0.29) is 36.5 Å². The summed E-state index contributed by atoms with van der Waals surface area (Å²) in [7, 11) is 0. The van der Waals surface area contributed by atoms with Gasteiger partial charge in [-0.25, -0.2) is 0 Å². The minimum Gasteiger partial charge on any atom is -0.481 e. The van der Waals surface area contributed by atoms with Crippen molar-refractivity contribution in [3.8, 4) is 0 Å². The molecule has 3 saturated heterocycles. The molecular formula is C13H19NO5. The zero-order valence-corrected chi connectivity index (χ0v) is 10.8. The van der Waals surface area contributed by atoms with Crippen molar-refractivity contribution in [1.82, 2.24) is 4.90 Å². The van der Waals surface area contributed by atoms with Gasteiger partial charge in [0.25, 0.3) is 0 Å². The number of amides is 1. The molecule has 0 saturated carbocycles. The lowest BCUT2D eigenvalue weighted by atomic mass is 9.87. The predicted molar refractivity (Wildman–Crippen MR) is 64.6 cm³/mol. The highest BCUT2D eigenvalue weighted by Crippen LogP contribution is 2.40. The van der Waals surface area contributed by atoms with Gasteiger partial charge in [-0.15, -0.1) is 0 Å². The van der Waals surface area contributed by atoms with Crippen molar-refractivity contribution in [1.29, 1.82) is 0 Å². The van der Waals surface area contributed by atoms with Gasteiger partial charge in [0, 0.05) is 6.54 Å². The first-order chi connectivity index (χ1) is 9.15. The molecule has 1 N–H and O–H groups in total. The van der Waals surface area contributed by atoms with Crippen molar-refractivity contribution in [2.75, 3.05) is 19.8 Å². The van der Waals surface area contributed by atoms with E-state index < -0.39 is 5.97 Å². The fraction of sp³-hybridized carbons (Fsp3) is 0.846. The molecule has 106 valence electrons. The lowest BCUT2D eigenvalue weighted by molar-refractivity contribution is -0.150. The van der Waals surface area contributed by atoms with Crippen molar-refractivity contribution < 1.29 is 24.2 Å². The molecule has 4 atom stereocenters. The monoisotopic (exact) mass is 269 g/mol. The van der Waals surface area contributed by atoms with Gasteiger partial charge in [0.05, 0.1) is 43.8 Å². The molecule has 0 aliphatic carbocycles. The van der Waals surface area contributed by atoms with Crippen LogP contribution in [0.15, 0.2) is 0 Å². The van der Waals surface area contributed by atoms with Gasteiger partial charge in [0.15, 0.2) is 0 Å². The highest BCUT2D eigenvalue weighted by atomic mass is 16.5. The Kier molecular flexibility index (Phi) is 3.45. The summed E-state index contributed by atoms with van der Waals surface area (Å²) in [6.45, 7) is 1.30. The molecule has 3 aliphatic heterocycles. The number of morpholine rings is 1. The first-order valence-corrected chi connectivity index (χ1v) is 6.90. The third-order valence-electron chi connectivity index (χ3n) is 4.34. The second-order valence-electron chi connectivity index (χ2n) is 5.57. The summed E-state index contributed by atoms with van der Waals surface area (Å²) in [6.07, 6.45) is 3.03. The number of hydrogen-bond donors (Lipinski definition) is 1. The zero-order chi connectivity index (χ0) is 13.4. The highest BCUT2D eigenvalue weighted by molar-refractivity contribution is 5.81. The maximum absolute atomic E-state index is 12.6. The van der Waals surface area contributed by atoms with Gasteiger partial charge in [-0.3, -0.25) is 9.59 Å². The molecule has 19 heavy (non-hydrogen) atoms. The Morgan fingerprint density at radius 3 is 2.79 bits per heavy atom. The largest absolute Gasteiger partial charge is 0.481 e. The van der Waals surface area contributed by atoms with Crippen molar-refractivity contribution in [3.63, 3.8) is 0 Å². The first-order valence-electron chi connectivity index (χ1n) is 6.90. The van der Waals surface area contributed by atoms with Gasteiger partial charge >= 0.3 is 5.97 Å². The standard InChI is InChI=1S/C13H19NO5/c15-12(16)5-8-7-18-4-3-14(8)13(17)10-6-9-1-2-11(10)19-9/h8-11H,1-7H2,(H,15,16)/t8-,9+,10-,11+/m0/s1. The van der Waals surface area contributed by atoms with Crippen molar-refractivity contribution in [3.05, 3.63) is 0 Å². The van der Waals surface area contributed by atoms with E-state index in [1.807, 2.05) is 0 Å². The molecule has 3 aliphatic rings. The maximum Gasteiger partial charge on any atom is 0.305 e. The van der Waals surface area contributed by atoms with Gasteiger partial charge in [-0.05, 0) is 19.3 Å². The molecule has 1 amide bonds. The molecule has 0 unspecified atom stereocenters. The quantitative estimate of drug-likeness (QED) is 0.795. The van der Waals surface area contributed by atoms with E-state index in [4.69, 9.17) is 14.6 Å². The van der Waals surface area contributed by atoms with Crippen LogP contribution in [-0.2, 0) is 19.1 Å². The third kappa shape index (κ3) is 2.47. The SMILES string of the molecule is O=C(O)C[C@H]1COCCN1C(=O)[C@H]1C[C@H]2CC[C@H]1O2. The van der Waals surface area contributed by atoms with Crippen LogP contribution in [0.5, 0.6) is 0 Å². The number of hydrogen-bond acceptors (Lipinski definition) is 4. The van der Waals surface area contributed by atoms with Crippen LogP contribution in [0.25, 0.3) is 0 Å². The van der Waals surface area contributed by atoms with Crippen LogP contribution in [0.4, 0.5) is 0 Å². The highest BCUT2D eigenvalue weighted by Gasteiger charge is 2.47. The van der Waals surface area contributed by atoms with Crippen molar-refractivity contribution >= 4 is 11.9 Å². The molecule has 0 aromatic rings. The summed E-state index contributed by atoms with van der Waals surface area (Å²) in [5, 5.41) is 8.92. The minimum atomic E-state index is -0.891. The summed E-state index contributed by atoms with van der Waals surface area (Å²) in [4.78, 5) is 25.1. The van der Waals surface area contributed by atoms with E-state index in [1.165, 1.54) is 0 Å². The molecule has 2 bridgehead atoms. The van der Waals surface area contributed by atoms with Crippen LogP contribution in [0.2, 0.25) is 0 Å². The van der Waals surface area contributed by atoms with E-state index in [0.29, 0.717) is 19.8 Å². The molecule has 3 heterocycles. The predicted octanol–water partition coefficient (Wildman–Crippen LogP) is 0.256. The fourth-order valence-corrected chi connectivity index (χ4v) is 3.43. The molecule has 6 nitrogen and oxygen atoms in total. The lowest BCUT2D eigenvalue weighted by Gasteiger charge is -2.37. The Morgan fingerprint density at radius 1 is 1.32 bits per heavy atom. The topological polar surface area (TPSA) is 76.1 Å². The van der Waals surface area contributed by atoms with Crippen LogP contribution in [0.3, 0.4) is 0 Å². The van der Waals surface area contributed by atoms with Gasteiger partial charge in [0.2, 0.25) is 5.91 Å². The van der Waals surface area contributed by atoms with Gasteiger partial charge in [-0.2, -0.15) is 0 Å². The Labute approximate surface area is 111 Å². The maximum atomic E-state index is 12.6. The number of nitrogens with zero attached hydrogens (tertiary/aromatic N) is 1. The number of carbonyl (C=O) groups is 2. The molecule has 3 fully saturated rings. The van der Waals surface area contributed by atoms with Crippen LogP contribution in [-0.4, -0.2) is 59.9 Å². The van der Waals surface area contributed by atoms with Gasteiger partial charge < -0.3 is 19.5 Å². The average Bonchev–Trinajstić information content (AvgIpc) is 3.00. The molecule has 6 heteroatoms. The molecular weight excluding hydrogens is 250 g/mol. The van der Waals surface area contributed by atoms with Crippen LogP contribution in [0.1, 0.15) is 25.7 Å². The number of aliphatic carboxylic acids is 1. The Hall–Kier alpha value is -1.14. The zero-order valence-electron chi connectivity index (χ0n) is 10.8. The van der Waals surface area contributed by atoms with E-state index in [1.54, 1.807) is 4.90 Å². The summed E-state index contributed by atoms with van der Waals surface area (Å²) >= 11 is 0. The number of carboxylic acid groups (broad SMARTS) is 1. The van der Waals surface area contributed by atoms with Crippen molar-refractivity contribution in [2.24, 2.45) is 5.92 Å². The number of fused-ring (bicyclic) bond motifs is 2. The third-order valence-corrected chi connectivity index (χ3v) is 4.34. The van der Waals surface area contributed by atoms with E-state index in [2.05, 4.69) is 0 Å². The number of rotatable bonds is 3. The summed E-state index contributed by atoms with van der Waals surface area (Å²) < 4.78 is 11.0. The van der Waals surface area contributed by atoms with Crippen LogP contribution < -0.4 is 0 Å². The van der Waals surface area contributed by atoms with E-state index >= 15 is 0 Å². The Balaban J connectivity index is 1.68. The fourth-order valence-electron chi connectivity index (χ4n) is 3.43. The molecule has 0 aromatic carbocycles. The smallest absolute Gasteiger partial charge is 0.305 e. The molecule has 0 radical (unpaired) electrons. The van der Waals surface area contributed by atoms with Crippen molar-refractivity contribution in [2.45, 2.75) is 43.9 Å². The lowest BCUT2D eigenvalue weighted by Crippen LogP contribution is -2.52. The normalized spacial score (nSPS) is 37.6. The Morgan fingerprint density at radius 2 is 2.16 bits per heavy atom. The van der Waals surface area contributed by atoms with Gasteiger partial charge in [0.1, 0.15) is 0 Å². The van der Waals surface area contributed by atoms with Crippen LogP contribution in [0, 0.1) is 5.92 Å². The number of ether oxygens (including phenoxy) is 2. The average molecular weight is 269 g/mol. The molecule has 0 spiro atoms. The molecule has 0 aromatic heterocycles. The van der Waals surface area contributed by atoms with Gasteiger partial charge in [-0.1, -0.05) is 0 Å². The number of carbonyl (C=O) groups excluding carboxylic acids is 1. The van der Waals surface area contributed by atoms with Crippen LogP contribution >= 0.6 is 0 Å². The van der Waals surface area contributed by atoms with E-state index in [0.717, 1.165) is 19.3 Å². The number of carboxylic acids is 1. The first kappa shape index (κ1) is 12.9. The Bertz CT molecular complexity index is 385. The summed E-state index contributed by atoms with van der Waals surface area (Å²) in [6, 6.07) is -0.335. The minimum absolute atomic E-state index is 0.0471. The second-order valence-corrected chi connectivity index (χ2v) is 5.57. The van der Waals surface area contributed by atoms with E-state index in [9.17, 15) is 9.59 Å². The molecule has 3 rings (SSSR count). The summed E-state index contributed by atoms with van der Waals surface area (Å²) in [5.41, 5.74) is 0. The summed E-state index contributed by atoms with van der Waals surface area (Å²) in [5.74, 6) is -0.910.